The monoisotopic (exact) mass is 320 g/mol. The second-order valence-electron chi connectivity index (χ2n) is 4.01. The van der Waals surface area contributed by atoms with Gasteiger partial charge < -0.3 is 11.1 Å². The Balaban J connectivity index is 0.00000324. The van der Waals surface area contributed by atoms with Crippen molar-refractivity contribution in [3.63, 3.8) is 0 Å². The topological polar surface area (TPSA) is 55.1 Å². The third-order valence-corrected chi connectivity index (χ3v) is 3.77. The molecule has 1 aromatic carbocycles. The summed E-state index contributed by atoms with van der Waals surface area (Å²) < 4.78 is 0. The molecule has 3 N–H and O–H groups in total. The Morgan fingerprint density at radius 1 is 1.26 bits per heavy atom. The van der Waals surface area contributed by atoms with Crippen molar-refractivity contribution in [1.82, 2.24) is 0 Å². The van der Waals surface area contributed by atoms with Crippen molar-refractivity contribution in [3.8, 4) is 0 Å². The van der Waals surface area contributed by atoms with Crippen LogP contribution in [0, 0.1) is 0 Å². The lowest BCUT2D eigenvalue weighted by atomic mass is 10.2. The van der Waals surface area contributed by atoms with Crippen molar-refractivity contribution < 1.29 is 4.79 Å². The second-order valence-corrected chi connectivity index (χ2v) is 5.86. The first kappa shape index (κ1) is 18.6. The van der Waals surface area contributed by atoms with Crippen LogP contribution in [0.4, 0.5) is 5.69 Å². The Bertz CT molecular complexity index is 373. The Kier molecular flexibility index (Phi) is 10.2. The van der Waals surface area contributed by atoms with Crippen molar-refractivity contribution >= 4 is 47.5 Å². The number of nitrogens with one attached hydrogen (secondary N) is 1. The van der Waals surface area contributed by atoms with Crippen LogP contribution in [0.3, 0.4) is 0 Å². The van der Waals surface area contributed by atoms with E-state index in [0.717, 1.165) is 17.2 Å². The normalized spacial score (nSPS) is 11.5. The zero-order valence-corrected chi connectivity index (χ0v) is 13.7. The van der Waals surface area contributed by atoms with E-state index < -0.39 is 6.04 Å². The van der Waals surface area contributed by atoms with Crippen LogP contribution >= 0.6 is 35.9 Å². The number of anilines is 1. The SMILES string of the molecule is CSCC[C@H](N)C(=O)Nc1ccc(CSC)cc1.Cl. The molecule has 0 bridgehead atoms. The molecule has 1 aromatic rings. The van der Waals surface area contributed by atoms with Gasteiger partial charge in [0.25, 0.3) is 0 Å². The summed E-state index contributed by atoms with van der Waals surface area (Å²) in [5.74, 6) is 1.78. The quantitative estimate of drug-likeness (QED) is 0.811. The minimum Gasteiger partial charge on any atom is -0.325 e. The van der Waals surface area contributed by atoms with E-state index in [4.69, 9.17) is 5.73 Å². The van der Waals surface area contributed by atoms with E-state index in [1.807, 2.05) is 30.5 Å². The number of thioether (sulfide) groups is 2. The summed E-state index contributed by atoms with van der Waals surface area (Å²) in [7, 11) is 0. The number of carbonyl (C=O) groups excluding carboxylic acids is 1. The number of rotatable bonds is 7. The average Bonchev–Trinajstić information content (AvgIpc) is 2.38. The third-order valence-electron chi connectivity index (χ3n) is 2.50. The van der Waals surface area contributed by atoms with Crippen LogP contribution in [-0.2, 0) is 10.5 Å². The van der Waals surface area contributed by atoms with Gasteiger partial charge in [-0.05, 0) is 42.4 Å². The number of hydrogen-bond donors (Lipinski definition) is 2. The molecule has 0 fully saturated rings. The first-order valence-corrected chi connectivity index (χ1v) is 8.59. The van der Waals surface area contributed by atoms with Gasteiger partial charge in [0.2, 0.25) is 5.91 Å². The minimum absolute atomic E-state index is 0. The highest BCUT2D eigenvalue weighted by Crippen LogP contribution is 2.14. The molecular formula is C13H21ClN2OS2. The first-order chi connectivity index (χ1) is 8.67. The molecule has 0 heterocycles. The van der Waals surface area contributed by atoms with Crippen LogP contribution in [0.1, 0.15) is 12.0 Å². The zero-order chi connectivity index (χ0) is 13.4. The molecule has 0 aromatic heterocycles. The van der Waals surface area contributed by atoms with E-state index in [9.17, 15) is 4.79 Å². The van der Waals surface area contributed by atoms with Gasteiger partial charge in [0.15, 0.2) is 0 Å². The molecule has 1 amide bonds. The van der Waals surface area contributed by atoms with Crippen molar-refractivity contribution in [3.05, 3.63) is 29.8 Å². The summed E-state index contributed by atoms with van der Waals surface area (Å²) in [5, 5.41) is 2.84. The maximum Gasteiger partial charge on any atom is 0.241 e. The molecule has 19 heavy (non-hydrogen) atoms. The van der Waals surface area contributed by atoms with E-state index in [1.54, 1.807) is 23.5 Å². The first-order valence-electron chi connectivity index (χ1n) is 5.80. The van der Waals surface area contributed by atoms with Crippen molar-refractivity contribution in [2.24, 2.45) is 5.73 Å². The molecule has 0 aliphatic carbocycles. The molecule has 3 nitrogen and oxygen atoms in total. The van der Waals surface area contributed by atoms with Gasteiger partial charge in [-0.3, -0.25) is 4.79 Å². The number of carbonyl (C=O) groups is 1. The fourth-order valence-electron chi connectivity index (χ4n) is 1.46. The largest absolute Gasteiger partial charge is 0.325 e. The molecule has 6 heteroatoms. The number of halogens is 1. The van der Waals surface area contributed by atoms with Crippen LogP contribution in [0.5, 0.6) is 0 Å². The van der Waals surface area contributed by atoms with Crippen molar-refractivity contribution in [2.45, 2.75) is 18.2 Å². The molecule has 0 aliphatic rings. The van der Waals surface area contributed by atoms with E-state index in [1.165, 1.54) is 5.56 Å². The number of hydrogen-bond acceptors (Lipinski definition) is 4. The van der Waals surface area contributed by atoms with Crippen LogP contribution < -0.4 is 11.1 Å². The van der Waals surface area contributed by atoms with Gasteiger partial charge >= 0.3 is 0 Å². The fraction of sp³-hybridized carbons (Fsp3) is 0.462. The predicted molar refractivity (Wildman–Crippen MR) is 90.5 cm³/mol. The minimum atomic E-state index is -0.427. The summed E-state index contributed by atoms with van der Waals surface area (Å²) >= 11 is 3.48. The van der Waals surface area contributed by atoms with Gasteiger partial charge in [0.05, 0.1) is 6.04 Å². The van der Waals surface area contributed by atoms with Gasteiger partial charge in [-0.15, -0.1) is 12.4 Å². The van der Waals surface area contributed by atoms with Gasteiger partial charge in [0.1, 0.15) is 0 Å². The molecule has 0 saturated carbocycles. The van der Waals surface area contributed by atoms with Gasteiger partial charge in [-0.2, -0.15) is 23.5 Å². The lowest BCUT2D eigenvalue weighted by Crippen LogP contribution is -2.36. The number of benzene rings is 1. The Morgan fingerprint density at radius 3 is 2.42 bits per heavy atom. The Labute approximate surface area is 129 Å². The van der Waals surface area contributed by atoms with E-state index in [2.05, 4.69) is 11.6 Å². The maximum absolute atomic E-state index is 11.8. The second kappa shape index (κ2) is 10.4. The molecule has 0 saturated heterocycles. The van der Waals surface area contributed by atoms with E-state index in [-0.39, 0.29) is 18.3 Å². The van der Waals surface area contributed by atoms with Crippen molar-refractivity contribution in [1.29, 1.82) is 0 Å². The molecule has 0 unspecified atom stereocenters. The van der Waals surface area contributed by atoms with Crippen LogP contribution in [-0.4, -0.2) is 30.2 Å². The summed E-state index contributed by atoms with van der Waals surface area (Å²) in [5.41, 5.74) is 7.87. The Morgan fingerprint density at radius 2 is 1.89 bits per heavy atom. The van der Waals surface area contributed by atoms with Crippen LogP contribution in [0.15, 0.2) is 24.3 Å². The van der Waals surface area contributed by atoms with Gasteiger partial charge in [0, 0.05) is 11.4 Å². The van der Waals surface area contributed by atoms with Crippen LogP contribution in [0.2, 0.25) is 0 Å². The predicted octanol–water partition coefficient (Wildman–Crippen LogP) is 2.99. The summed E-state index contributed by atoms with van der Waals surface area (Å²) in [4.78, 5) is 11.8. The highest BCUT2D eigenvalue weighted by atomic mass is 35.5. The average molecular weight is 321 g/mol. The molecule has 0 radical (unpaired) electrons. The fourth-order valence-corrected chi connectivity index (χ4v) is 2.48. The smallest absolute Gasteiger partial charge is 0.241 e. The standard InChI is InChI=1S/C13H20N2OS2.ClH/c1-17-8-7-12(14)13(16)15-11-5-3-10(4-6-11)9-18-2;/h3-6,12H,7-9,14H2,1-2H3,(H,15,16);1H/t12-;/m0./s1. The molecule has 1 rings (SSSR count). The number of nitrogens with two attached hydrogens (primary N) is 1. The molecule has 0 spiro atoms. The highest BCUT2D eigenvalue weighted by molar-refractivity contribution is 7.98. The van der Waals surface area contributed by atoms with Crippen LogP contribution in [0.25, 0.3) is 0 Å². The zero-order valence-electron chi connectivity index (χ0n) is 11.2. The summed E-state index contributed by atoms with van der Waals surface area (Å²) in [6.07, 6.45) is 4.78. The summed E-state index contributed by atoms with van der Waals surface area (Å²) in [6.45, 7) is 0. The summed E-state index contributed by atoms with van der Waals surface area (Å²) in [6, 6.07) is 7.47. The highest BCUT2D eigenvalue weighted by Gasteiger charge is 2.12. The number of amides is 1. The third kappa shape index (κ3) is 7.11. The molecule has 1 atom stereocenters. The van der Waals surface area contributed by atoms with E-state index >= 15 is 0 Å². The van der Waals surface area contributed by atoms with Gasteiger partial charge in [-0.25, -0.2) is 0 Å². The molecule has 0 aliphatic heterocycles. The molecular weight excluding hydrogens is 300 g/mol. The van der Waals surface area contributed by atoms with E-state index in [0.29, 0.717) is 6.42 Å². The molecule has 108 valence electrons. The Hall–Kier alpha value is -0.360. The maximum atomic E-state index is 11.8. The lowest BCUT2D eigenvalue weighted by Gasteiger charge is -2.11. The lowest BCUT2D eigenvalue weighted by molar-refractivity contribution is -0.117. The van der Waals surface area contributed by atoms with Crippen molar-refractivity contribution in [2.75, 3.05) is 23.6 Å². The van der Waals surface area contributed by atoms with Gasteiger partial charge in [-0.1, -0.05) is 12.1 Å².